The van der Waals surface area contributed by atoms with E-state index in [4.69, 9.17) is 40.4 Å². The van der Waals surface area contributed by atoms with Crippen LogP contribution in [0.5, 0.6) is 28.7 Å². The molecule has 3 aromatic carbocycles. The Kier molecular flexibility index (Phi) is 7.74. The molecule has 0 saturated carbocycles. The second-order valence-electron chi connectivity index (χ2n) is 7.73. The number of carboxylic acids is 1. The van der Waals surface area contributed by atoms with Crippen LogP contribution < -0.4 is 23.7 Å². The van der Waals surface area contributed by atoms with Gasteiger partial charge in [-0.05, 0) is 48.5 Å². The third-order valence-corrected chi connectivity index (χ3v) is 5.82. The Bertz CT molecular complexity index is 1420. The van der Waals surface area contributed by atoms with E-state index < -0.39 is 12.6 Å². The lowest BCUT2D eigenvalue weighted by Gasteiger charge is -2.14. The van der Waals surface area contributed by atoms with Crippen LogP contribution in [-0.2, 0) is 4.79 Å². The molecule has 0 aliphatic carbocycles. The highest BCUT2D eigenvalue weighted by atomic mass is 35.5. The summed E-state index contributed by atoms with van der Waals surface area (Å²) >= 11 is 6.13. The molecule has 0 aliphatic rings. The van der Waals surface area contributed by atoms with Crippen LogP contribution in [0.4, 0.5) is 0 Å². The van der Waals surface area contributed by atoms with Gasteiger partial charge in [-0.1, -0.05) is 17.7 Å². The number of methoxy groups -OCH3 is 4. The average molecular weight is 525 g/mol. The number of benzene rings is 3. The fourth-order valence-electron chi connectivity index (χ4n) is 3.89. The molecule has 0 atom stereocenters. The number of carbonyl (C=O) groups is 1. The number of para-hydroxylation sites is 1. The van der Waals surface area contributed by atoms with Crippen molar-refractivity contribution >= 4 is 17.6 Å². The number of aliphatic carboxylic acids is 1. The summed E-state index contributed by atoms with van der Waals surface area (Å²) < 4.78 is 29.4. The van der Waals surface area contributed by atoms with Gasteiger partial charge in [0.2, 0.25) is 0 Å². The zero-order valence-electron chi connectivity index (χ0n) is 20.6. The van der Waals surface area contributed by atoms with E-state index in [0.717, 1.165) is 11.3 Å². The number of ether oxygens (including phenoxy) is 5. The molecule has 0 unspecified atom stereocenters. The van der Waals surface area contributed by atoms with Crippen molar-refractivity contribution in [1.82, 2.24) is 9.78 Å². The van der Waals surface area contributed by atoms with Crippen molar-refractivity contribution in [3.8, 4) is 56.9 Å². The maximum atomic E-state index is 11.2. The van der Waals surface area contributed by atoms with Crippen molar-refractivity contribution in [1.29, 1.82) is 0 Å². The van der Waals surface area contributed by atoms with Crippen LogP contribution in [-0.4, -0.2) is 55.9 Å². The number of hydrogen-bond acceptors (Lipinski definition) is 7. The second kappa shape index (κ2) is 11.1. The molecular weight excluding hydrogens is 500 g/mol. The molecule has 4 rings (SSSR count). The molecule has 4 aromatic rings. The van der Waals surface area contributed by atoms with Gasteiger partial charge >= 0.3 is 5.97 Å². The van der Waals surface area contributed by atoms with Gasteiger partial charge < -0.3 is 28.8 Å². The average Bonchev–Trinajstić information content (AvgIpc) is 3.36. The van der Waals surface area contributed by atoms with Crippen LogP contribution in [0.25, 0.3) is 28.2 Å². The van der Waals surface area contributed by atoms with Gasteiger partial charge in [0.25, 0.3) is 0 Å². The molecule has 0 aliphatic heterocycles. The minimum Gasteiger partial charge on any atom is -0.493 e. The van der Waals surface area contributed by atoms with Gasteiger partial charge in [0.1, 0.15) is 5.75 Å². The summed E-state index contributed by atoms with van der Waals surface area (Å²) in [7, 11) is 6.13. The topological polar surface area (TPSA) is 101 Å². The van der Waals surface area contributed by atoms with Gasteiger partial charge in [0, 0.05) is 22.2 Å². The molecule has 37 heavy (non-hydrogen) atoms. The number of nitrogens with zero attached hydrogens (tertiary/aromatic N) is 2. The van der Waals surface area contributed by atoms with Crippen LogP contribution in [0.3, 0.4) is 0 Å². The fraction of sp³-hybridized carbons (Fsp3) is 0.185. The Morgan fingerprint density at radius 1 is 0.838 bits per heavy atom. The van der Waals surface area contributed by atoms with Crippen molar-refractivity contribution in [2.45, 2.75) is 0 Å². The van der Waals surface area contributed by atoms with E-state index in [1.165, 1.54) is 14.2 Å². The van der Waals surface area contributed by atoms with E-state index in [9.17, 15) is 9.90 Å². The highest BCUT2D eigenvalue weighted by Crippen LogP contribution is 2.43. The smallest absolute Gasteiger partial charge is 0.341 e. The molecule has 0 spiro atoms. The maximum Gasteiger partial charge on any atom is 0.341 e. The van der Waals surface area contributed by atoms with Gasteiger partial charge in [-0.3, -0.25) is 0 Å². The molecule has 9 nitrogen and oxygen atoms in total. The summed E-state index contributed by atoms with van der Waals surface area (Å²) in [5, 5.41) is 14.6. The zero-order chi connectivity index (χ0) is 26.5. The third kappa shape index (κ3) is 5.26. The van der Waals surface area contributed by atoms with Gasteiger partial charge in [-0.15, -0.1) is 0 Å². The predicted octanol–water partition coefficient (Wildman–Crippen LogP) is 5.36. The predicted molar refractivity (Wildman–Crippen MR) is 139 cm³/mol. The van der Waals surface area contributed by atoms with Crippen molar-refractivity contribution in [3.05, 3.63) is 65.7 Å². The van der Waals surface area contributed by atoms with Crippen molar-refractivity contribution in [2.24, 2.45) is 0 Å². The third-order valence-electron chi connectivity index (χ3n) is 5.57. The first-order chi connectivity index (χ1) is 17.9. The number of carboxylic acid groups (broad SMARTS) is 1. The molecule has 1 heterocycles. The first-order valence-electron chi connectivity index (χ1n) is 11.1. The van der Waals surface area contributed by atoms with Crippen molar-refractivity contribution < 1.29 is 33.6 Å². The highest BCUT2D eigenvalue weighted by molar-refractivity contribution is 6.30. The largest absolute Gasteiger partial charge is 0.493 e. The van der Waals surface area contributed by atoms with Gasteiger partial charge in [0.05, 0.1) is 45.5 Å². The van der Waals surface area contributed by atoms with Crippen molar-refractivity contribution in [2.75, 3.05) is 35.0 Å². The monoisotopic (exact) mass is 524 g/mol. The summed E-state index contributed by atoms with van der Waals surface area (Å²) in [5.41, 5.74) is 3.16. The Labute approximate surface area is 218 Å². The molecular formula is C27H25ClN2O7. The van der Waals surface area contributed by atoms with Crippen LogP contribution in [0.1, 0.15) is 0 Å². The first kappa shape index (κ1) is 25.7. The summed E-state index contributed by atoms with van der Waals surface area (Å²) in [4.78, 5) is 11.2. The second-order valence-corrected chi connectivity index (χ2v) is 8.17. The quantitative estimate of drug-likeness (QED) is 0.296. The standard InChI is InChI=1S/C27H25ClN2O7/c1-33-22-7-5-6-18(27(22)36-4)21-13-20(29-30(21)17-10-8-16(28)9-11-17)19-12-24(34-2)25(35-3)14-23(19)37-15-26(31)32/h5-14H,15H2,1-4H3,(H,31,32). The minimum atomic E-state index is -1.12. The lowest BCUT2D eigenvalue weighted by Crippen LogP contribution is -2.10. The molecule has 1 N–H and O–H groups in total. The highest BCUT2D eigenvalue weighted by Gasteiger charge is 2.22. The van der Waals surface area contributed by atoms with Gasteiger partial charge in [0.15, 0.2) is 29.6 Å². The molecule has 0 saturated heterocycles. The number of hydrogen-bond donors (Lipinski definition) is 1. The maximum absolute atomic E-state index is 11.2. The van der Waals surface area contributed by atoms with E-state index >= 15 is 0 Å². The molecule has 10 heteroatoms. The van der Waals surface area contributed by atoms with Crippen LogP contribution in [0, 0.1) is 0 Å². The van der Waals surface area contributed by atoms with E-state index in [0.29, 0.717) is 45.0 Å². The van der Waals surface area contributed by atoms with E-state index in [-0.39, 0.29) is 5.75 Å². The van der Waals surface area contributed by atoms with E-state index in [2.05, 4.69) is 0 Å². The van der Waals surface area contributed by atoms with Gasteiger partial charge in [-0.25, -0.2) is 9.48 Å². The van der Waals surface area contributed by atoms with Crippen LogP contribution in [0.15, 0.2) is 60.7 Å². The summed E-state index contributed by atoms with van der Waals surface area (Å²) in [6, 6.07) is 17.9. The molecule has 0 amide bonds. The Balaban J connectivity index is 1.98. The van der Waals surface area contributed by atoms with Crippen molar-refractivity contribution in [3.63, 3.8) is 0 Å². The Morgan fingerprint density at radius 2 is 1.51 bits per heavy atom. The summed E-state index contributed by atoms with van der Waals surface area (Å²) in [6.45, 7) is -0.545. The Hall–Kier alpha value is -4.37. The lowest BCUT2D eigenvalue weighted by atomic mass is 10.1. The number of halogens is 1. The fourth-order valence-corrected chi connectivity index (χ4v) is 4.02. The summed E-state index contributed by atoms with van der Waals surface area (Å²) in [5.74, 6) is 1.06. The van der Waals surface area contributed by atoms with E-state index in [1.54, 1.807) is 49.2 Å². The molecule has 192 valence electrons. The minimum absolute atomic E-state index is 0.268. The number of aromatic nitrogens is 2. The SMILES string of the molecule is COc1cc(OCC(=O)O)c(-c2cc(-c3cccc(OC)c3OC)n(-c3ccc(Cl)cc3)n2)cc1OC. The lowest BCUT2D eigenvalue weighted by molar-refractivity contribution is -0.139. The molecule has 1 aromatic heterocycles. The molecule has 0 bridgehead atoms. The normalized spacial score (nSPS) is 10.6. The van der Waals surface area contributed by atoms with Crippen LogP contribution >= 0.6 is 11.6 Å². The zero-order valence-corrected chi connectivity index (χ0v) is 21.4. The van der Waals surface area contributed by atoms with Crippen LogP contribution in [0.2, 0.25) is 5.02 Å². The Morgan fingerprint density at radius 3 is 2.14 bits per heavy atom. The first-order valence-corrected chi connectivity index (χ1v) is 11.5. The van der Waals surface area contributed by atoms with E-state index in [1.807, 2.05) is 30.3 Å². The molecule has 0 fully saturated rings. The molecule has 0 radical (unpaired) electrons. The van der Waals surface area contributed by atoms with Gasteiger partial charge in [-0.2, -0.15) is 5.10 Å². The summed E-state index contributed by atoms with van der Waals surface area (Å²) in [6.07, 6.45) is 0. The number of rotatable bonds is 10.